The first-order valence-corrected chi connectivity index (χ1v) is 12.2. The Labute approximate surface area is 217 Å². The van der Waals surface area contributed by atoms with E-state index < -0.39 is 18.0 Å². The zero-order valence-electron chi connectivity index (χ0n) is 20.9. The summed E-state index contributed by atoms with van der Waals surface area (Å²) in [5, 5.41) is 13.6. The van der Waals surface area contributed by atoms with Gasteiger partial charge in [-0.15, -0.1) is 0 Å². The summed E-state index contributed by atoms with van der Waals surface area (Å²) in [4.78, 5) is 19.4. The third kappa shape index (κ3) is 5.11. The van der Waals surface area contributed by atoms with Gasteiger partial charge in [-0.25, -0.2) is 19.9 Å². The Morgan fingerprint density at radius 1 is 1.18 bits per heavy atom. The van der Waals surface area contributed by atoms with E-state index in [0.29, 0.717) is 47.7 Å². The van der Waals surface area contributed by atoms with Crippen molar-refractivity contribution < 1.29 is 17.9 Å². The first kappa shape index (κ1) is 25.4. The van der Waals surface area contributed by atoms with E-state index in [2.05, 4.69) is 30.6 Å². The molecule has 0 saturated heterocycles. The van der Waals surface area contributed by atoms with Crippen molar-refractivity contribution in [3.8, 4) is 17.3 Å². The van der Waals surface area contributed by atoms with Crippen molar-refractivity contribution in [1.82, 2.24) is 30.2 Å². The van der Waals surface area contributed by atoms with Crippen LogP contribution in [0.4, 0.5) is 19.0 Å². The second kappa shape index (κ2) is 10.3. The summed E-state index contributed by atoms with van der Waals surface area (Å²) in [6.45, 7) is 2.63. The van der Waals surface area contributed by atoms with E-state index >= 15 is 0 Å². The summed E-state index contributed by atoms with van der Waals surface area (Å²) in [5.74, 6) is 1.60. The molecule has 1 fully saturated rings. The average molecular weight is 525 g/mol. The number of aromatic nitrogens is 4. The molecule has 1 atom stereocenters. The third-order valence-corrected chi connectivity index (χ3v) is 6.54. The van der Waals surface area contributed by atoms with Crippen molar-refractivity contribution in [2.75, 3.05) is 19.0 Å². The van der Waals surface area contributed by atoms with E-state index in [9.17, 15) is 13.2 Å². The van der Waals surface area contributed by atoms with Gasteiger partial charge in [0.15, 0.2) is 5.82 Å². The van der Waals surface area contributed by atoms with Gasteiger partial charge in [-0.3, -0.25) is 0 Å². The van der Waals surface area contributed by atoms with Gasteiger partial charge in [0, 0.05) is 37.6 Å². The number of allylic oxidation sites excluding steroid dienone is 1. The highest BCUT2D eigenvalue weighted by molar-refractivity contribution is 5.84. The van der Waals surface area contributed by atoms with Crippen molar-refractivity contribution in [3.63, 3.8) is 0 Å². The third-order valence-electron chi connectivity index (χ3n) is 6.54. The summed E-state index contributed by atoms with van der Waals surface area (Å²) in [5.41, 5.74) is 2.88. The maximum atomic E-state index is 13.2. The van der Waals surface area contributed by atoms with Gasteiger partial charge in [0.2, 0.25) is 5.88 Å². The van der Waals surface area contributed by atoms with E-state index in [1.807, 2.05) is 31.2 Å². The lowest BCUT2D eigenvalue weighted by Gasteiger charge is -2.25. The van der Waals surface area contributed by atoms with Gasteiger partial charge in [-0.1, -0.05) is 24.3 Å². The monoisotopic (exact) mass is 524 g/mol. The molecule has 1 aliphatic heterocycles. The van der Waals surface area contributed by atoms with Crippen LogP contribution in [0.15, 0.2) is 48.7 Å². The lowest BCUT2D eigenvalue weighted by atomic mass is 10.1. The minimum Gasteiger partial charge on any atom is -0.480 e. The Morgan fingerprint density at radius 2 is 1.95 bits per heavy atom. The highest BCUT2D eigenvalue weighted by atomic mass is 19.4. The molecule has 2 aliphatic rings. The molecular formula is C26H27F3N8O. The highest BCUT2D eigenvalue weighted by Crippen LogP contribution is 2.45. The van der Waals surface area contributed by atoms with Crippen LogP contribution in [0.1, 0.15) is 54.2 Å². The second-order valence-corrected chi connectivity index (χ2v) is 9.07. The largest absolute Gasteiger partial charge is 0.480 e. The lowest BCUT2D eigenvalue weighted by molar-refractivity contribution is -0.0963. The molecular weight excluding hydrogens is 497 g/mol. The normalized spacial score (nSPS) is 17.1. The smallest absolute Gasteiger partial charge is 0.432 e. The van der Waals surface area contributed by atoms with Gasteiger partial charge < -0.3 is 25.7 Å². The molecule has 1 aromatic carbocycles. The van der Waals surface area contributed by atoms with E-state index in [1.54, 1.807) is 11.1 Å². The average Bonchev–Trinajstić information content (AvgIpc) is 3.68. The molecule has 1 saturated carbocycles. The Balaban J connectivity index is 1.34. The Bertz CT molecular complexity index is 1360. The number of nitrogens with one attached hydrogen (secondary N) is 3. The molecule has 12 heteroatoms. The molecule has 0 radical (unpaired) electrons. The lowest BCUT2D eigenvalue weighted by Crippen LogP contribution is -2.30. The van der Waals surface area contributed by atoms with Crippen LogP contribution < -0.4 is 15.4 Å². The van der Waals surface area contributed by atoms with Crippen LogP contribution in [0, 0.1) is 5.41 Å². The van der Waals surface area contributed by atoms with E-state index in [0.717, 1.165) is 35.9 Å². The van der Waals surface area contributed by atoms with Crippen LogP contribution in [0.5, 0.6) is 5.88 Å². The molecule has 198 valence electrons. The van der Waals surface area contributed by atoms with Crippen molar-refractivity contribution in [2.24, 2.45) is 0 Å². The quantitative estimate of drug-likeness (QED) is 0.344. The van der Waals surface area contributed by atoms with Gasteiger partial charge in [-0.05, 0) is 30.9 Å². The highest BCUT2D eigenvalue weighted by Gasteiger charge is 2.40. The van der Waals surface area contributed by atoms with Crippen molar-refractivity contribution >= 4 is 12.0 Å². The molecule has 2 aromatic heterocycles. The summed E-state index contributed by atoms with van der Waals surface area (Å²) in [6.07, 6.45) is 2.39. The van der Waals surface area contributed by atoms with E-state index in [-0.39, 0.29) is 0 Å². The van der Waals surface area contributed by atoms with Crippen LogP contribution in [0.3, 0.4) is 0 Å². The zero-order valence-corrected chi connectivity index (χ0v) is 20.9. The first-order valence-electron chi connectivity index (χ1n) is 12.2. The minimum atomic E-state index is -4.43. The fourth-order valence-electron chi connectivity index (χ4n) is 4.39. The Morgan fingerprint density at radius 3 is 2.58 bits per heavy atom. The number of hydrogen-bond donors (Lipinski definition) is 3. The van der Waals surface area contributed by atoms with Crippen molar-refractivity contribution in [3.05, 3.63) is 71.1 Å². The number of halogens is 3. The summed E-state index contributed by atoms with van der Waals surface area (Å²) in [6, 6.07) is 7.33. The number of methoxy groups -OCH3 is 1. The van der Waals surface area contributed by atoms with Crippen LogP contribution in [0.2, 0.25) is 0 Å². The van der Waals surface area contributed by atoms with Crippen LogP contribution >= 0.6 is 0 Å². The van der Waals surface area contributed by atoms with E-state index in [1.165, 1.54) is 19.7 Å². The van der Waals surface area contributed by atoms with Gasteiger partial charge in [0.25, 0.3) is 0 Å². The summed E-state index contributed by atoms with van der Waals surface area (Å²) in [7, 11) is 1.54. The summed E-state index contributed by atoms with van der Waals surface area (Å²) >= 11 is 0. The number of ether oxygens (including phenoxy) is 1. The molecule has 1 aliphatic carbocycles. The maximum Gasteiger partial charge on any atom is 0.432 e. The Hall–Kier alpha value is -4.22. The molecule has 3 aromatic rings. The predicted octanol–water partition coefficient (Wildman–Crippen LogP) is 4.76. The van der Waals surface area contributed by atoms with E-state index in [4.69, 9.17) is 10.1 Å². The Kier molecular flexibility index (Phi) is 6.87. The number of alkyl halides is 3. The van der Waals surface area contributed by atoms with Crippen LogP contribution in [0.25, 0.3) is 11.4 Å². The molecule has 9 nitrogen and oxygen atoms in total. The SMILES string of the molecule is CCN1C=C(C(F)(F)F)NC1c1ccc(CNc2nc(-c3c(OC)ncnc3C3CC3)ncc2C=N)cc1. The fourth-order valence-corrected chi connectivity index (χ4v) is 4.39. The molecule has 0 amide bonds. The molecule has 5 rings (SSSR count). The van der Waals surface area contributed by atoms with Gasteiger partial charge in [-0.2, -0.15) is 13.2 Å². The van der Waals surface area contributed by atoms with Crippen molar-refractivity contribution in [1.29, 1.82) is 5.41 Å². The first-order chi connectivity index (χ1) is 18.3. The molecule has 1 unspecified atom stereocenters. The number of nitrogens with zero attached hydrogens (tertiary/aromatic N) is 5. The molecule has 3 heterocycles. The topological polar surface area (TPSA) is 112 Å². The number of rotatable bonds is 9. The molecule has 38 heavy (non-hydrogen) atoms. The number of benzene rings is 1. The molecule has 3 N–H and O–H groups in total. The van der Waals surface area contributed by atoms with Crippen LogP contribution in [-0.2, 0) is 6.54 Å². The molecule has 0 spiro atoms. The van der Waals surface area contributed by atoms with Gasteiger partial charge in [0.1, 0.15) is 29.6 Å². The van der Waals surface area contributed by atoms with Crippen molar-refractivity contribution in [2.45, 2.75) is 44.6 Å². The second-order valence-electron chi connectivity index (χ2n) is 9.07. The number of anilines is 1. The molecule has 0 bridgehead atoms. The van der Waals surface area contributed by atoms with Gasteiger partial charge in [0.05, 0.1) is 18.4 Å². The standard InChI is InChI=1S/C26H27F3N8O/c1-3-37-13-19(26(27,28)29)35-24(37)17-6-4-15(5-7-17)11-31-22-18(10-30)12-32-23(36-22)20-21(16-8-9-16)33-14-34-25(20)38-2/h4-7,10,12-14,16,24,30,35H,3,8-9,11H2,1-2H3,(H,31,32,36). The fraction of sp³-hybridized carbons (Fsp3) is 0.346. The van der Waals surface area contributed by atoms with Crippen LogP contribution in [-0.4, -0.2) is 50.9 Å². The zero-order chi connectivity index (χ0) is 26.9. The summed E-state index contributed by atoms with van der Waals surface area (Å²) < 4.78 is 45.0. The minimum absolute atomic E-state index is 0.322. The van der Waals surface area contributed by atoms with Gasteiger partial charge >= 0.3 is 6.18 Å². The predicted molar refractivity (Wildman–Crippen MR) is 136 cm³/mol. The number of hydrogen-bond acceptors (Lipinski definition) is 9. The maximum absolute atomic E-state index is 13.2.